The molecule has 5 nitrogen and oxygen atoms in total. The fourth-order valence-corrected chi connectivity index (χ4v) is 3.04. The van der Waals surface area contributed by atoms with Crippen molar-refractivity contribution in [2.24, 2.45) is 5.92 Å². The van der Waals surface area contributed by atoms with E-state index in [2.05, 4.69) is 15.5 Å². The van der Waals surface area contributed by atoms with Crippen LogP contribution in [0.3, 0.4) is 0 Å². The Bertz CT molecular complexity index is 645. The number of hydrogen-bond donors (Lipinski definition) is 1. The number of aryl methyl sites for hydroxylation is 1. The maximum Gasteiger partial charge on any atom is 0.224 e. The fourth-order valence-electron chi connectivity index (χ4n) is 3.04. The van der Waals surface area contributed by atoms with E-state index in [9.17, 15) is 4.79 Å². The topological polar surface area (TPSA) is 68.0 Å². The molecule has 116 valence electrons. The second-order valence-corrected chi connectivity index (χ2v) is 5.92. The summed E-state index contributed by atoms with van der Waals surface area (Å²) in [5.41, 5.74) is 1.52. The van der Waals surface area contributed by atoms with Gasteiger partial charge in [-0.2, -0.15) is 4.98 Å². The molecule has 1 saturated carbocycles. The van der Waals surface area contributed by atoms with Crippen LogP contribution in [0.25, 0.3) is 11.4 Å². The van der Waals surface area contributed by atoms with E-state index in [0.29, 0.717) is 18.1 Å². The third-order valence-electron chi connectivity index (χ3n) is 4.22. The monoisotopic (exact) mass is 299 g/mol. The largest absolute Gasteiger partial charge is 0.339 e. The molecule has 3 rings (SSSR count). The number of benzene rings is 1. The van der Waals surface area contributed by atoms with E-state index in [-0.39, 0.29) is 5.91 Å². The van der Waals surface area contributed by atoms with Gasteiger partial charge in [0.2, 0.25) is 17.6 Å². The zero-order valence-corrected chi connectivity index (χ0v) is 12.8. The number of carbonyl (C=O) groups excluding carboxylic acids is 1. The van der Waals surface area contributed by atoms with Gasteiger partial charge in [-0.3, -0.25) is 4.79 Å². The van der Waals surface area contributed by atoms with Crippen LogP contribution in [0.5, 0.6) is 0 Å². The first-order chi connectivity index (χ1) is 10.7. The summed E-state index contributed by atoms with van der Waals surface area (Å²) in [5, 5.41) is 6.91. The molecule has 1 aliphatic rings. The summed E-state index contributed by atoms with van der Waals surface area (Å²) in [6.07, 6.45) is 6.72. The molecule has 0 aliphatic heterocycles. The van der Waals surface area contributed by atoms with Crippen LogP contribution in [-0.4, -0.2) is 16.0 Å². The number of nitrogens with zero attached hydrogens (tertiary/aromatic N) is 2. The smallest absolute Gasteiger partial charge is 0.224 e. The van der Waals surface area contributed by atoms with Gasteiger partial charge >= 0.3 is 0 Å². The molecule has 0 atom stereocenters. The summed E-state index contributed by atoms with van der Waals surface area (Å²) in [5.74, 6) is 1.79. The molecule has 0 saturated heterocycles. The molecule has 1 amide bonds. The average molecular weight is 299 g/mol. The van der Waals surface area contributed by atoms with Crippen LogP contribution >= 0.6 is 0 Å². The lowest BCUT2D eigenvalue weighted by Crippen LogP contribution is -2.13. The number of nitrogens with one attached hydrogen (secondary N) is 1. The van der Waals surface area contributed by atoms with Gasteiger partial charge < -0.3 is 9.84 Å². The van der Waals surface area contributed by atoms with Crippen LogP contribution in [0.2, 0.25) is 0 Å². The quantitative estimate of drug-likeness (QED) is 0.907. The fraction of sp³-hybridized carbons (Fsp3) is 0.471. The van der Waals surface area contributed by atoms with Crippen LogP contribution in [0.15, 0.2) is 28.8 Å². The first-order valence-corrected chi connectivity index (χ1v) is 7.92. The number of carbonyl (C=O) groups is 1. The molecule has 1 aromatic carbocycles. The lowest BCUT2D eigenvalue weighted by molar-refractivity contribution is -0.116. The van der Waals surface area contributed by atoms with Gasteiger partial charge in [-0.15, -0.1) is 0 Å². The van der Waals surface area contributed by atoms with Gasteiger partial charge in [-0.1, -0.05) is 43.0 Å². The maximum absolute atomic E-state index is 12.2. The van der Waals surface area contributed by atoms with Crippen LogP contribution in [0.1, 0.15) is 44.4 Å². The van der Waals surface area contributed by atoms with Crippen molar-refractivity contribution in [2.45, 2.75) is 45.4 Å². The van der Waals surface area contributed by atoms with Crippen LogP contribution < -0.4 is 5.32 Å². The van der Waals surface area contributed by atoms with Gasteiger partial charge in [0.25, 0.3) is 0 Å². The van der Waals surface area contributed by atoms with Crippen molar-refractivity contribution in [3.8, 4) is 11.4 Å². The van der Waals surface area contributed by atoms with Gasteiger partial charge in [0.15, 0.2) is 0 Å². The van der Waals surface area contributed by atoms with E-state index in [1.807, 2.05) is 24.3 Å². The highest BCUT2D eigenvalue weighted by Crippen LogP contribution is 2.29. The molecule has 1 N–H and O–H groups in total. The SMILES string of the molecule is Cc1nc(-c2ccccc2NC(=O)CCC2CCCC2)no1. The van der Waals surface area contributed by atoms with E-state index in [4.69, 9.17) is 4.52 Å². The number of anilines is 1. The highest BCUT2D eigenvalue weighted by molar-refractivity contribution is 5.94. The molecule has 5 heteroatoms. The Morgan fingerprint density at radius 3 is 2.82 bits per heavy atom. The number of para-hydroxylation sites is 1. The Morgan fingerprint density at radius 1 is 1.32 bits per heavy atom. The highest BCUT2D eigenvalue weighted by atomic mass is 16.5. The summed E-state index contributed by atoms with van der Waals surface area (Å²) in [4.78, 5) is 16.4. The predicted molar refractivity (Wildman–Crippen MR) is 84.3 cm³/mol. The number of amides is 1. The Morgan fingerprint density at radius 2 is 2.09 bits per heavy atom. The molecule has 1 aromatic heterocycles. The van der Waals surface area contributed by atoms with Gasteiger partial charge in [-0.05, 0) is 24.5 Å². The van der Waals surface area contributed by atoms with E-state index >= 15 is 0 Å². The first-order valence-electron chi connectivity index (χ1n) is 7.92. The Hall–Kier alpha value is -2.17. The van der Waals surface area contributed by atoms with Gasteiger partial charge in [-0.25, -0.2) is 0 Å². The minimum atomic E-state index is 0.0552. The Labute approximate surface area is 130 Å². The lowest BCUT2D eigenvalue weighted by atomic mass is 10.0. The molecule has 22 heavy (non-hydrogen) atoms. The number of hydrogen-bond acceptors (Lipinski definition) is 4. The minimum Gasteiger partial charge on any atom is -0.339 e. The molecule has 0 bridgehead atoms. The Kier molecular flexibility index (Phi) is 4.51. The van der Waals surface area contributed by atoms with Crippen LogP contribution in [-0.2, 0) is 4.79 Å². The van der Waals surface area contributed by atoms with E-state index < -0.39 is 0 Å². The molecule has 0 spiro atoms. The highest BCUT2D eigenvalue weighted by Gasteiger charge is 2.17. The minimum absolute atomic E-state index is 0.0552. The zero-order valence-electron chi connectivity index (χ0n) is 12.8. The van der Waals surface area contributed by atoms with Gasteiger partial charge in [0, 0.05) is 18.9 Å². The molecule has 0 radical (unpaired) electrons. The molecule has 1 aliphatic carbocycles. The first kappa shape index (κ1) is 14.8. The van der Waals surface area contributed by atoms with Gasteiger partial charge in [0.1, 0.15) is 0 Å². The third kappa shape index (κ3) is 3.53. The molecule has 0 unspecified atom stereocenters. The summed E-state index contributed by atoms with van der Waals surface area (Å²) >= 11 is 0. The van der Waals surface area contributed by atoms with Crippen molar-refractivity contribution in [3.05, 3.63) is 30.2 Å². The van der Waals surface area contributed by atoms with Crippen molar-refractivity contribution in [1.82, 2.24) is 10.1 Å². The standard InChI is InChI=1S/C17H21N3O2/c1-12-18-17(20-22-12)14-8-4-5-9-15(14)19-16(21)11-10-13-6-2-3-7-13/h4-5,8-9,13H,2-3,6-7,10-11H2,1H3,(H,19,21). The summed E-state index contributed by atoms with van der Waals surface area (Å²) in [6.45, 7) is 1.75. The van der Waals surface area contributed by atoms with E-state index in [1.165, 1.54) is 25.7 Å². The summed E-state index contributed by atoms with van der Waals surface area (Å²) in [7, 11) is 0. The van der Waals surface area contributed by atoms with Gasteiger partial charge in [0.05, 0.1) is 5.69 Å². The van der Waals surface area contributed by atoms with Crippen molar-refractivity contribution in [1.29, 1.82) is 0 Å². The Balaban J connectivity index is 1.65. The maximum atomic E-state index is 12.2. The second kappa shape index (κ2) is 6.73. The second-order valence-electron chi connectivity index (χ2n) is 5.92. The van der Waals surface area contributed by atoms with Crippen molar-refractivity contribution < 1.29 is 9.32 Å². The van der Waals surface area contributed by atoms with Crippen molar-refractivity contribution >= 4 is 11.6 Å². The van der Waals surface area contributed by atoms with Crippen molar-refractivity contribution in [3.63, 3.8) is 0 Å². The molecular formula is C17H21N3O2. The average Bonchev–Trinajstić information content (AvgIpc) is 3.17. The summed E-state index contributed by atoms with van der Waals surface area (Å²) < 4.78 is 5.02. The summed E-state index contributed by atoms with van der Waals surface area (Å²) in [6, 6.07) is 7.55. The van der Waals surface area contributed by atoms with Crippen molar-refractivity contribution in [2.75, 3.05) is 5.32 Å². The molecule has 1 heterocycles. The third-order valence-corrected chi connectivity index (χ3v) is 4.22. The number of rotatable bonds is 5. The lowest BCUT2D eigenvalue weighted by Gasteiger charge is -2.11. The zero-order chi connectivity index (χ0) is 15.4. The molecule has 2 aromatic rings. The normalized spacial score (nSPS) is 15.1. The molecular weight excluding hydrogens is 278 g/mol. The van der Waals surface area contributed by atoms with E-state index in [0.717, 1.165) is 23.6 Å². The number of aromatic nitrogens is 2. The molecule has 1 fully saturated rings. The van der Waals surface area contributed by atoms with Crippen LogP contribution in [0, 0.1) is 12.8 Å². The van der Waals surface area contributed by atoms with E-state index in [1.54, 1.807) is 6.92 Å². The van der Waals surface area contributed by atoms with Crippen LogP contribution in [0.4, 0.5) is 5.69 Å². The predicted octanol–water partition coefficient (Wildman–Crippen LogP) is 3.95.